The van der Waals surface area contributed by atoms with E-state index in [0.29, 0.717) is 6.54 Å². The predicted octanol–water partition coefficient (Wildman–Crippen LogP) is 3.53. The van der Waals surface area contributed by atoms with Crippen molar-refractivity contribution in [1.82, 2.24) is 0 Å². The van der Waals surface area contributed by atoms with Crippen LogP contribution >= 0.6 is 0 Å². The molecule has 0 aliphatic heterocycles. The van der Waals surface area contributed by atoms with Gasteiger partial charge in [0.1, 0.15) is 12.3 Å². The number of carbonyl (C=O) groups excluding carboxylic acids is 1. The molecule has 6 heteroatoms. The van der Waals surface area contributed by atoms with Crippen molar-refractivity contribution in [2.75, 3.05) is 18.9 Å². The number of nitrogens with one attached hydrogen (secondary N) is 2. The molecule has 30 heavy (non-hydrogen) atoms. The molecule has 0 saturated carbocycles. The molecule has 0 aliphatic carbocycles. The topological polar surface area (TPSA) is 42.8 Å². The highest BCUT2D eigenvalue weighted by Crippen LogP contribution is 2.19. The van der Waals surface area contributed by atoms with Crippen LogP contribution in [0.25, 0.3) is 0 Å². The Bertz CT molecular complexity index is 947. The lowest BCUT2D eigenvalue weighted by molar-refractivity contribution is -0.885. The summed E-state index contributed by atoms with van der Waals surface area (Å²) in [5.74, 6) is 0.0461. The van der Waals surface area contributed by atoms with E-state index in [0.717, 1.165) is 28.1 Å². The third-order valence-electron chi connectivity index (χ3n) is 4.65. The smallest absolute Gasteiger partial charge is 0.387 e. The first-order valence-electron chi connectivity index (χ1n) is 9.76. The van der Waals surface area contributed by atoms with Crippen LogP contribution in [0.3, 0.4) is 0 Å². The Balaban J connectivity index is 1.55. The van der Waals surface area contributed by atoms with Crippen LogP contribution in [0.4, 0.5) is 14.5 Å². The van der Waals surface area contributed by atoms with Crippen LogP contribution in [0.2, 0.25) is 0 Å². The van der Waals surface area contributed by atoms with Crippen LogP contribution in [-0.2, 0) is 17.8 Å². The van der Waals surface area contributed by atoms with Crippen LogP contribution in [0.1, 0.15) is 16.7 Å². The van der Waals surface area contributed by atoms with Gasteiger partial charge in [-0.3, -0.25) is 4.79 Å². The molecule has 4 nitrogen and oxygen atoms in total. The van der Waals surface area contributed by atoms with Crippen molar-refractivity contribution < 1.29 is 23.2 Å². The Labute approximate surface area is 175 Å². The number of quaternary nitrogens is 1. The molecule has 0 heterocycles. The maximum Gasteiger partial charge on any atom is 0.387 e. The van der Waals surface area contributed by atoms with Crippen molar-refractivity contribution >= 4 is 11.6 Å². The van der Waals surface area contributed by atoms with Crippen molar-refractivity contribution in [3.05, 3.63) is 95.6 Å². The van der Waals surface area contributed by atoms with E-state index in [2.05, 4.69) is 22.2 Å². The second kappa shape index (κ2) is 10.5. The number of amides is 1. The van der Waals surface area contributed by atoms with E-state index in [9.17, 15) is 13.6 Å². The zero-order chi connectivity index (χ0) is 21.3. The lowest BCUT2D eigenvalue weighted by Crippen LogP contribution is -3.08. The van der Waals surface area contributed by atoms with Gasteiger partial charge in [0, 0.05) is 11.3 Å². The molecule has 156 valence electrons. The third-order valence-corrected chi connectivity index (χ3v) is 4.65. The summed E-state index contributed by atoms with van der Waals surface area (Å²) in [5.41, 5.74) is 3.99. The molecular formula is C24H25F2N2O2+. The zero-order valence-corrected chi connectivity index (χ0v) is 16.8. The number of hydrogen-bond acceptors (Lipinski definition) is 2. The van der Waals surface area contributed by atoms with Crippen LogP contribution in [0.15, 0.2) is 78.9 Å². The number of para-hydroxylation sites is 1. The van der Waals surface area contributed by atoms with Crippen molar-refractivity contribution in [2.24, 2.45) is 0 Å². The number of ether oxygens (including phenoxy) is 1. The average molecular weight is 411 g/mol. The second-order valence-electron chi connectivity index (χ2n) is 7.20. The molecule has 0 aliphatic rings. The molecule has 1 unspecified atom stereocenters. The van der Waals surface area contributed by atoms with Crippen molar-refractivity contribution in [3.8, 4) is 5.75 Å². The van der Waals surface area contributed by atoms with Gasteiger partial charge in [-0.15, -0.1) is 0 Å². The van der Waals surface area contributed by atoms with Crippen LogP contribution in [0.5, 0.6) is 5.75 Å². The van der Waals surface area contributed by atoms with E-state index in [1.165, 1.54) is 17.7 Å². The quantitative estimate of drug-likeness (QED) is 0.566. The van der Waals surface area contributed by atoms with E-state index in [4.69, 9.17) is 0 Å². The predicted molar refractivity (Wildman–Crippen MR) is 113 cm³/mol. The van der Waals surface area contributed by atoms with Gasteiger partial charge >= 0.3 is 6.61 Å². The Morgan fingerprint density at radius 3 is 2.30 bits per heavy atom. The highest BCUT2D eigenvalue weighted by molar-refractivity contribution is 5.92. The first-order chi connectivity index (χ1) is 14.5. The maximum absolute atomic E-state index is 12.6. The maximum atomic E-state index is 12.6. The third kappa shape index (κ3) is 6.67. The van der Waals surface area contributed by atoms with Gasteiger partial charge < -0.3 is 15.0 Å². The number of benzene rings is 3. The zero-order valence-electron chi connectivity index (χ0n) is 16.8. The van der Waals surface area contributed by atoms with E-state index in [1.54, 1.807) is 12.1 Å². The number of hydrogen-bond donors (Lipinski definition) is 2. The number of anilines is 1. The van der Waals surface area contributed by atoms with Crippen LogP contribution < -0.4 is 15.0 Å². The normalized spacial score (nSPS) is 11.9. The standard InChI is InChI=1S/C24H24F2N2O2/c1-28(16-19-11-13-21(14-12-19)30-24(25)26)17-23(29)27-22-10-6-5-9-20(22)15-18-7-3-2-4-8-18/h2-14,24H,15-17H2,1H3,(H,27,29)/p+1. The summed E-state index contributed by atoms with van der Waals surface area (Å²) in [5, 5.41) is 3.02. The molecule has 3 aromatic carbocycles. The fraction of sp³-hybridized carbons (Fsp3) is 0.208. The van der Waals surface area contributed by atoms with Gasteiger partial charge in [0.25, 0.3) is 5.91 Å². The van der Waals surface area contributed by atoms with Crippen LogP contribution in [-0.4, -0.2) is 26.1 Å². The molecule has 1 atom stereocenters. The van der Waals surface area contributed by atoms with E-state index in [-0.39, 0.29) is 18.2 Å². The van der Waals surface area contributed by atoms with E-state index >= 15 is 0 Å². The summed E-state index contributed by atoms with van der Waals surface area (Å²) in [7, 11) is 1.92. The molecule has 2 N–H and O–H groups in total. The van der Waals surface area contributed by atoms with Gasteiger partial charge in [0.15, 0.2) is 6.54 Å². The van der Waals surface area contributed by atoms with Gasteiger partial charge in [-0.05, 0) is 47.9 Å². The first kappa shape index (κ1) is 21.5. The van der Waals surface area contributed by atoms with Gasteiger partial charge in [0.05, 0.1) is 7.05 Å². The number of carbonyl (C=O) groups is 1. The minimum absolute atomic E-state index is 0.0781. The van der Waals surface area contributed by atoms with Gasteiger partial charge in [-0.25, -0.2) is 0 Å². The summed E-state index contributed by atoms with van der Waals surface area (Å²) in [4.78, 5) is 13.5. The van der Waals surface area contributed by atoms with E-state index < -0.39 is 6.61 Å². The summed E-state index contributed by atoms with van der Waals surface area (Å²) in [6, 6.07) is 24.4. The highest BCUT2D eigenvalue weighted by atomic mass is 19.3. The number of alkyl halides is 2. The van der Waals surface area contributed by atoms with E-state index in [1.807, 2.05) is 49.5 Å². The molecule has 3 rings (SSSR count). The molecule has 0 bridgehead atoms. The Hall–Kier alpha value is -3.25. The summed E-state index contributed by atoms with van der Waals surface area (Å²) in [6.45, 7) is -1.96. The molecule has 1 amide bonds. The van der Waals surface area contributed by atoms with Crippen molar-refractivity contribution in [2.45, 2.75) is 19.6 Å². The monoisotopic (exact) mass is 411 g/mol. The van der Waals surface area contributed by atoms with Gasteiger partial charge in [0.2, 0.25) is 0 Å². The molecular weight excluding hydrogens is 386 g/mol. The molecule has 0 radical (unpaired) electrons. The largest absolute Gasteiger partial charge is 0.435 e. The lowest BCUT2D eigenvalue weighted by Gasteiger charge is -2.16. The average Bonchev–Trinajstić information content (AvgIpc) is 2.71. The van der Waals surface area contributed by atoms with Gasteiger partial charge in [-0.2, -0.15) is 8.78 Å². The highest BCUT2D eigenvalue weighted by Gasteiger charge is 2.13. The fourth-order valence-electron chi connectivity index (χ4n) is 3.28. The molecule has 0 fully saturated rings. The Morgan fingerprint density at radius 1 is 0.933 bits per heavy atom. The SMILES string of the molecule is C[NH+](CC(=O)Nc1ccccc1Cc1ccccc1)Cc1ccc(OC(F)F)cc1. The molecule has 0 aromatic heterocycles. The van der Waals surface area contributed by atoms with Crippen LogP contribution in [0, 0.1) is 0 Å². The molecule has 0 saturated heterocycles. The lowest BCUT2D eigenvalue weighted by atomic mass is 10.0. The number of rotatable bonds is 9. The Morgan fingerprint density at radius 2 is 1.60 bits per heavy atom. The summed E-state index contributed by atoms with van der Waals surface area (Å²) in [6.07, 6.45) is 0.743. The van der Waals surface area contributed by atoms with Gasteiger partial charge in [-0.1, -0.05) is 48.5 Å². The molecule has 0 spiro atoms. The van der Waals surface area contributed by atoms with Crippen molar-refractivity contribution in [3.63, 3.8) is 0 Å². The first-order valence-corrected chi connectivity index (χ1v) is 9.76. The second-order valence-corrected chi connectivity index (χ2v) is 7.20. The summed E-state index contributed by atoms with van der Waals surface area (Å²) < 4.78 is 28.8. The molecule has 3 aromatic rings. The number of likely N-dealkylation sites (N-methyl/N-ethyl adjacent to an activating group) is 1. The van der Waals surface area contributed by atoms with Crippen molar-refractivity contribution in [1.29, 1.82) is 0 Å². The Kier molecular flexibility index (Phi) is 7.51. The minimum atomic E-state index is -2.84. The summed E-state index contributed by atoms with van der Waals surface area (Å²) >= 11 is 0. The fourth-order valence-corrected chi connectivity index (χ4v) is 3.28. The minimum Gasteiger partial charge on any atom is -0.435 e. The number of halogens is 2.